The van der Waals surface area contributed by atoms with Gasteiger partial charge < -0.3 is 10.1 Å². The van der Waals surface area contributed by atoms with E-state index in [9.17, 15) is 14.4 Å². The number of hydrogen-bond acceptors (Lipinski definition) is 5. The van der Waals surface area contributed by atoms with E-state index in [1.807, 2.05) is 18.2 Å². The first-order chi connectivity index (χ1) is 13.1. The predicted molar refractivity (Wildman–Crippen MR) is 104 cm³/mol. The normalized spacial score (nSPS) is 10.6. The highest BCUT2D eigenvalue weighted by Crippen LogP contribution is 2.16. The molecule has 7 nitrogen and oxygen atoms in total. The average Bonchev–Trinajstić information content (AvgIpc) is 2.96. The molecule has 3 rings (SSSR count). The number of nitrogens with zero attached hydrogens (tertiary/aromatic N) is 2. The van der Waals surface area contributed by atoms with Gasteiger partial charge in [0, 0.05) is 36.8 Å². The molecule has 0 fully saturated rings. The van der Waals surface area contributed by atoms with Crippen LogP contribution in [-0.2, 0) is 7.05 Å². The third-order valence-corrected chi connectivity index (χ3v) is 4.85. The summed E-state index contributed by atoms with van der Waals surface area (Å²) in [4.78, 5) is 35.3. The van der Waals surface area contributed by atoms with E-state index in [-0.39, 0.29) is 16.5 Å². The second-order valence-electron chi connectivity index (χ2n) is 5.81. The molecule has 0 bridgehead atoms. The van der Waals surface area contributed by atoms with Crippen LogP contribution in [0.4, 0.5) is 0 Å². The summed E-state index contributed by atoms with van der Waals surface area (Å²) in [7, 11) is 1.45. The summed E-state index contributed by atoms with van der Waals surface area (Å²) < 4.78 is 8.08. The lowest BCUT2D eigenvalue weighted by molar-refractivity contribution is 0.0951. The van der Waals surface area contributed by atoms with Crippen molar-refractivity contribution in [1.29, 1.82) is 0 Å². The van der Waals surface area contributed by atoms with E-state index in [0.717, 1.165) is 16.1 Å². The summed E-state index contributed by atoms with van der Waals surface area (Å²) in [6.45, 7) is 0.908. The van der Waals surface area contributed by atoms with Gasteiger partial charge in [-0.3, -0.25) is 14.2 Å². The summed E-state index contributed by atoms with van der Waals surface area (Å²) >= 11 is 0.844. The van der Waals surface area contributed by atoms with Gasteiger partial charge in [0.1, 0.15) is 5.75 Å². The first kappa shape index (κ1) is 18.7. The molecule has 8 heteroatoms. The predicted octanol–water partition coefficient (Wildman–Crippen LogP) is 1.80. The molecule has 0 saturated carbocycles. The van der Waals surface area contributed by atoms with Crippen molar-refractivity contribution in [2.75, 3.05) is 13.2 Å². The van der Waals surface area contributed by atoms with E-state index in [1.165, 1.54) is 11.0 Å². The number of ether oxygens (including phenoxy) is 1. The van der Waals surface area contributed by atoms with Crippen LogP contribution in [0.15, 0.2) is 64.2 Å². The summed E-state index contributed by atoms with van der Waals surface area (Å²) in [5.41, 5.74) is 0.821. The Morgan fingerprint density at radius 2 is 1.89 bits per heavy atom. The van der Waals surface area contributed by atoms with E-state index < -0.39 is 0 Å². The molecule has 140 valence electrons. The number of amides is 1. The van der Waals surface area contributed by atoms with Crippen LogP contribution in [0.2, 0.25) is 0 Å². The Morgan fingerprint density at radius 3 is 2.59 bits per heavy atom. The zero-order chi connectivity index (χ0) is 19.2. The molecule has 0 atom stereocenters. The maximum Gasteiger partial charge on any atom is 0.345 e. The molecule has 0 aliphatic heterocycles. The second kappa shape index (κ2) is 8.50. The van der Waals surface area contributed by atoms with Crippen LogP contribution in [0.1, 0.15) is 16.8 Å². The fourth-order valence-electron chi connectivity index (χ4n) is 2.41. The van der Waals surface area contributed by atoms with Crippen LogP contribution in [0, 0.1) is 0 Å². The van der Waals surface area contributed by atoms with Gasteiger partial charge in [-0.15, -0.1) is 0 Å². The molecule has 2 aromatic carbocycles. The van der Waals surface area contributed by atoms with E-state index in [4.69, 9.17) is 4.74 Å². The Bertz CT molecular complexity index is 1040. The van der Waals surface area contributed by atoms with Crippen LogP contribution in [0.25, 0.3) is 5.69 Å². The Morgan fingerprint density at radius 1 is 1.11 bits per heavy atom. The van der Waals surface area contributed by atoms with Crippen molar-refractivity contribution >= 4 is 17.4 Å². The Kier molecular flexibility index (Phi) is 5.87. The average molecular weight is 385 g/mol. The number of aromatic nitrogens is 2. The number of rotatable bonds is 7. The van der Waals surface area contributed by atoms with Crippen molar-refractivity contribution in [2.45, 2.75) is 6.42 Å². The minimum atomic E-state index is -0.384. The molecule has 3 aromatic rings. The fourth-order valence-corrected chi connectivity index (χ4v) is 3.19. The lowest BCUT2D eigenvalue weighted by Crippen LogP contribution is -2.25. The zero-order valence-electron chi connectivity index (χ0n) is 14.8. The van der Waals surface area contributed by atoms with Gasteiger partial charge >= 0.3 is 10.6 Å². The van der Waals surface area contributed by atoms with Crippen LogP contribution in [-0.4, -0.2) is 27.6 Å². The maximum absolute atomic E-state index is 12.0. The van der Waals surface area contributed by atoms with Crippen LogP contribution in [0.5, 0.6) is 5.75 Å². The van der Waals surface area contributed by atoms with Crippen molar-refractivity contribution in [1.82, 2.24) is 13.8 Å². The summed E-state index contributed by atoms with van der Waals surface area (Å²) in [5, 5.41) is 2.84. The van der Waals surface area contributed by atoms with Gasteiger partial charge in [-0.05, 0) is 30.7 Å². The van der Waals surface area contributed by atoms with Gasteiger partial charge in [-0.25, -0.2) is 8.75 Å². The molecule has 0 aliphatic rings. The first-order valence-electron chi connectivity index (χ1n) is 8.42. The third kappa shape index (κ3) is 4.53. The van der Waals surface area contributed by atoms with Crippen molar-refractivity contribution in [3.63, 3.8) is 0 Å². The van der Waals surface area contributed by atoms with Gasteiger partial charge in [-0.2, -0.15) is 0 Å². The second-order valence-corrected chi connectivity index (χ2v) is 6.71. The van der Waals surface area contributed by atoms with E-state index in [2.05, 4.69) is 5.32 Å². The molecule has 0 radical (unpaired) electrons. The van der Waals surface area contributed by atoms with Gasteiger partial charge in [0.2, 0.25) is 0 Å². The quantitative estimate of drug-likeness (QED) is 0.629. The smallest absolute Gasteiger partial charge is 0.345 e. The minimum absolute atomic E-state index is 0.115. The topological polar surface area (TPSA) is 82.3 Å². The third-order valence-electron chi connectivity index (χ3n) is 3.87. The lowest BCUT2D eigenvalue weighted by atomic mass is 10.2. The standard InChI is InChI=1S/C19H19N3O4S/c1-21-18(24)22(27-19(21)25)15-9-5-10-16(13-15)26-12-6-11-20-17(23)14-7-3-2-4-8-14/h2-5,7-10,13H,6,11-12H2,1H3,(H,20,23). The number of hydrogen-bond donors (Lipinski definition) is 1. The highest BCUT2D eigenvalue weighted by atomic mass is 32.1. The van der Waals surface area contributed by atoms with Gasteiger partial charge in [0.05, 0.1) is 12.3 Å². The monoisotopic (exact) mass is 385 g/mol. The molecule has 1 heterocycles. The van der Waals surface area contributed by atoms with E-state index in [0.29, 0.717) is 36.6 Å². The molecule has 0 aliphatic carbocycles. The van der Waals surface area contributed by atoms with E-state index in [1.54, 1.807) is 36.4 Å². The Balaban J connectivity index is 1.52. The fraction of sp³-hybridized carbons (Fsp3) is 0.211. The molecular weight excluding hydrogens is 366 g/mol. The van der Waals surface area contributed by atoms with Gasteiger partial charge in [-0.1, -0.05) is 24.3 Å². The zero-order valence-corrected chi connectivity index (χ0v) is 15.6. The largest absolute Gasteiger partial charge is 0.493 e. The number of carbonyl (C=O) groups is 1. The van der Waals surface area contributed by atoms with Crippen LogP contribution in [0.3, 0.4) is 0 Å². The highest BCUT2D eigenvalue weighted by Gasteiger charge is 2.09. The molecule has 1 aromatic heterocycles. The summed E-state index contributed by atoms with van der Waals surface area (Å²) in [6.07, 6.45) is 0.640. The molecule has 0 saturated heterocycles. The number of nitrogens with one attached hydrogen (secondary N) is 1. The van der Waals surface area contributed by atoms with Crippen molar-refractivity contribution in [3.05, 3.63) is 80.3 Å². The van der Waals surface area contributed by atoms with Crippen LogP contribution >= 0.6 is 11.5 Å². The molecule has 0 spiro atoms. The summed E-state index contributed by atoms with van der Waals surface area (Å²) in [5.74, 6) is 0.480. The molecule has 0 unspecified atom stereocenters. The first-order valence-corrected chi connectivity index (χ1v) is 9.19. The van der Waals surface area contributed by atoms with Gasteiger partial charge in [0.25, 0.3) is 5.91 Å². The molecule has 27 heavy (non-hydrogen) atoms. The van der Waals surface area contributed by atoms with E-state index >= 15 is 0 Å². The maximum atomic E-state index is 12.0. The number of carbonyl (C=O) groups excluding carboxylic acids is 1. The number of benzene rings is 2. The Hall–Kier alpha value is -3.13. The molecular formula is C19H19N3O4S. The molecule has 1 amide bonds. The molecule has 1 N–H and O–H groups in total. The minimum Gasteiger partial charge on any atom is -0.493 e. The van der Waals surface area contributed by atoms with Crippen molar-refractivity contribution < 1.29 is 9.53 Å². The Labute approximate surface area is 159 Å². The highest BCUT2D eigenvalue weighted by molar-refractivity contribution is 7.03. The SMILES string of the molecule is Cn1c(=O)sn(-c2cccc(OCCCNC(=O)c3ccccc3)c2)c1=O. The van der Waals surface area contributed by atoms with Crippen molar-refractivity contribution in [2.24, 2.45) is 7.05 Å². The lowest BCUT2D eigenvalue weighted by Gasteiger charge is -2.09. The van der Waals surface area contributed by atoms with Crippen molar-refractivity contribution in [3.8, 4) is 11.4 Å². The summed E-state index contributed by atoms with van der Waals surface area (Å²) in [6, 6.07) is 16.0. The van der Waals surface area contributed by atoms with Crippen LogP contribution < -0.4 is 20.6 Å². The van der Waals surface area contributed by atoms with Gasteiger partial charge in [0.15, 0.2) is 0 Å².